The first-order chi connectivity index (χ1) is 13.5. The molecule has 2 aromatic carbocycles. The van der Waals surface area contributed by atoms with Gasteiger partial charge in [-0.1, -0.05) is 18.2 Å². The Morgan fingerprint density at radius 3 is 2.71 bits per heavy atom. The normalized spacial score (nSPS) is 10.4. The SMILES string of the molecule is C#CCCCCOc1ccc(/C=C/C(=O)Nc2ccccc2C(=O)O)cc1C. The second-order valence-electron chi connectivity index (χ2n) is 6.21. The molecule has 144 valence electrons. The van der Waals surface area contributed by atoms with Crippen LogP contribution in [0, 0.1) is 19.3 Å². The lowest BCUT2D eigenvalue weighted by molar-refractivity contribution is -0.111. The van der Waals surface area contributed by atoms with E-state index in [-0.39, 0.29) is 11.3 Å². The number of hydrogen-bond donors (Lipinski definition) is 2. The van der Waals surface area contributed by atoms with Crippen LogP contribution in [0.3, 0.4) is 0 Å². The van der Waals surface area contributed by atoms with Crippen molar-refractivity contribution in [3.05, 3.63) is 65.2 Å². The topological polar surface area (TPSA) is 75.6 Å². The van der Waals surface area contributed by atoms with Crippen molar-refractivity contribution < 1.29 is 19.4 Å². The summed E-state index contributed by atoms with van der Waals surface area (Å²) in [6.45, 7) is 2.56. The monoisotopic (exact) mass is 377 g/mol. The number of amides is 1. The number of carboxylic acids is 1. The van der Waals surface area contributed by atoms with Crippen LogP contribution >= 0.6 is 0 Å². The summed E-state index contributed by atoms with van der Waals surface area (Å²) < 4.78 is 5.75. The Hall–Kier alpha value is -3.52. The number of ether oxygens (including phenoxy) is 1. The minimum atomic E-state index is -1.09. The van der Waals surface area contributed by atoms with Crippen molar-refractivity contribution in [3.63, 3.8) is 0 Å². The minimum absolute atomic E-state index is 0.0452. The van der Waals surface area contributed by atoms with Crippen LogP contribution in [0.2, 0.25) is 0 Å². The largest absolute Gasteiger partial charge is 0.493 e. The Bertz CT molecular complexity index is 909. The molecular formula is C23H23NO4. The van der Waals surface area contributed by atoms with Gasteiger partial charge in [-0.15, -0.1) is 12.3 Å². The molecule has 0 fully saturated rings. The predicted octanol–water partition coefficient (Wildman–Crippen LogP) is 4.53. The standard InChI is InChI=1S/C23H23NO4/c1-3-4-5-8-15-28-21-13-11-18(16-17(21)2)12-14-22(25)24-20-10-7-6-9-19(20)23(26)27/h1,6-7,9-14,16H,4-5,8,15H2,2H3,(H,24,25)(H,26,27)/b14-12+. The van der Waals surface area contributed by atoms with Crippen LogP contribution < -0.4 is 10.1 Å². The van der Waals surface area contributed by atoms with E-state index in [1.54, 1.807) is 24.3 Å². The molecule has 0 aromatic heterocycles. The van der Waals surface area contributed by atoms with Gasteiger partial charge in [0.1, 0.15) is 5.75 Å². The number of nitrogens with one attached hydrogen (secondary N) is 1. The molecule has 0 bridgehead atoms. The zero-order valence-corrected chi connectivity index (χ0v) is 15.8. The van der Waals surface area contributed by atoms with Crippen molar-refractivity contribution in [1.29, 1.82) is 0 Å². The maximum Gasteiger partial charge on any atom is 0.337 e. The van der Waals surface area contributed by atoms with E-state index in [2.05, 4.69) is 11.2 Å². The van der Waals surface area contributed by atoms with Gasteiger partial charge in [0.2, 0.25) is 5.91 Å². The molecule has 2 N–H and O–H groups in total. The first-order valence-corrected chi connectivity index (χ1v) is 8.99. The lowest BCUT2D eigenvalue weighted by Gasteiger charge is -2.09. The molecule has 0 saturated carbocycles. The fourth-order valence-corrected chi connectivity index (χ4v) is 2.57. The van der Waals surface area contributed by atoms with Gasteiger partial charge in [0.25, 0.3) is 0 Å². The quantitative estimate of drug-likeness (QED) is 0.382. The van der Waals surface area contributed by atoms with Crippen molar-refractivity contribution in [2.24, 2.45) is 0 Å². The van der Waals surface area contributed by atoms with E-state index >= 15 is 0 Å². The molecule has 0 aliphatic rings. The number of aryl methyl sites for hydroxylation is 1. The number of rotatable bonds is 9. The highest BCUT2D eigenvalue weighted by atomic mass is 16.5. The number of benzene rings is 2. The summed E-state index contributed by atoms with van der Waals surface area (Å²) in [6.07, 6.45) is 10.9. The molecule has 1 amide bonds. The second-order valence-corrected chi connectivity index (χ2v) is 6.21. The lowest BCUT2D eigenvalue weighted by atomic mass is 10.1. The number of para-hydroxylation sites is 1. The van der Waals surface area contributed by atoms with Gasteiger partial charge in [-0.2, -0.15) is 0 Å². The maximum absolute atomic E-state index is 12.1. The molecule has 5 nitrogen and oxygen atoms in total. The molecular weight excluding hydrogens is 354 g/mol. The van der Waals surface area contributed by atoms with Crippen LogP contribution in [0.4, 0.5) is 5.69 Å². The molecule has 5 heteroatoms. The zero-order valence-electron chi connectivity index (χ0n) is 15.8. The Balaban J connectivity index is 1.95. The maximum atomic E-state index is 12.1. The molecule has 0 atom stereocenters. The third kappa shape index (κ3) is 6.33. The number of aromatic carboxylic acids is 1. The average Bonchev–Trinajstić information content (AvgIpc) is 2.68. The molecule has 0 heterocycles. The molecule has 2 rings (SSSR count). The van der Waals surface area contributed by atoms with E-state index in [9.17, 15) is 9.59 Å². The summed E-state index contributed by atoms with van der Waals surface area (Å²) in [5, 5.41) is 11.7. The molecule has 2 aromatic rings. The zero-order chi connectivity index (χ0) is 20.4. The molecule has 0 spiro atoms. The molecule has 0 radical (unpaired) electrons. The first kappa shape index (κ1) is 20.8. The van der Waals surface area contributed by atoms with Gasteiger partial charge in [-0.25, -0.2) is 4.79 Å². The summed E-state index contributed by atoms with van der Waals surface area (Å²) in [5.74, 6) is 1.92. The van der Waals surface area contributed by atoms with Gasteiger partial charge in [0.05, 0.1) is 17.9 Å². The molecule has 0 aliphatic heterocycles. The predicted molar refractivity (Wildman–Crippen MR) is 110 cm³/mol. The van der Waals surface area contributed by atoms with Crippen LogP contribution in [-0.4, -0.2) is 23.6 Å². The van der Waals surface area contributed by atoms with Crippen molar-refractivity contribution in [1.82, 2.24) is 0 Å². The van der Waals surface area contributed by atoms with Crippen molar-refractivity contribution >= 4 is 23.6 Å². The Morgan fingerprint density at radius 2 is 2.00 bits per heavy atom. The highest BCUT2D eigenvalue weighted by Gasteiger charge is 2.10. The fraction of sp³-hybridized carbons (Fsp3) is 0.217. The fourth-order valence-electron chi connectivity index (χ4n) is 2.57. The number of anilines is 1. The molecule has 0 unspecified atom stereocenters. The number of unbranched alkanes of at least 4 members (excludes halogenated alkanes) is 2. The highest BCUT2D eigenvalue weighted by molar-refractivity contribution is 6.06. The van der Waals surface area contributed by atoms with E-state index < -0.39 is 11.9 Å². The summed E-state index contributed by atoms with van der Waals surface area (Å²) in [6, 6.07) is 11.9. The van der Waals surface area contributed by atoms with E-state index in [4.69, 9.17) is 16.3 Å². The molecule has 28 heavy (non-hydrogen) atoms. The number of terminal acetylenes is 1. The van der Waals surface area contributed by atoms with Crippen LogP contribution in [0.5, 0.6) is 5.75 Å². The van der Waals surface area contributed by atoms with E-state index in [0.29, 0.717) is 6.61 Å². The second kappa shape index (κ2) is 10.6. The van der Waals surface area contributed by atoms with Gasteiger partial charge >= 0.3 is 5.97 Å². The smallest absolute Gasteiger partial charge is 0.337 e. The van der Waals surface area contributed by atoms with Crippen molar-refractivity contribution in [2.75, 3.05) is 11.9 Å². The summed E-state index contributed by atoms with van der Waals surface area (Å²) >= 11 is 0. The lowest BCUT2D eigenvalue weighted by Crippen LogP contribution is -2.11. The third-order valence-electron chi connectivity index (χ3n) is 4.01. The summed E-state index contributed by atoms with van der Waals surface area (Å²) in [4.78, 5) is 23.3. The number of carbonyl (C=O) groups is 2. The third-order valence-corrected chi connectivity index (χ3v) is 4.01. The van der Waals surface area contributed by atoms with Crippen LogP contribution in [-0.2, 0) is 4.79 Å². The van der Waals surface area contributed by atoms with Crippen LogP contribution in [0.25, 0.3) is 6.08 Å². The Labute approximate surface area is 165 Å². The van der Waals surface area contributed by atoms with Crippen molar-refractivity contribution in [3.8, 4) is 18.1 Å². The number of carboxylic acid groups (broad SMARTS) is 1. The van der Waals surface area contributed by atoms with Gasteiger partial charge in [-0.05, 0) is 61.2 Å². The first-order valence-electron chi connectivity index (χ1n) is 8.99. The molecule has 0 aliphatic carbocycles. The van der Waals surface area contributed by atoms with Crippen LogP contribution in [0.15, 0.2) is 48.5 Å². The van der Waals surface area contributed by atoms with Crippen LogP contribution in [0.1, 0.15) is 40.7 Å². The number of carbonyl (C=O) groups excluding carboxylic acids is 1. The average molecular weight is 377 g/mol. The Morgan fingerprint density at radius 1 is 1.21 bits per heavy atom. The molecule has 0 saturated heterocycles. The summed E-state index contributed by atoms with van der Waals surface area (Å²) in [5.41, 5.74) is 2.12. The summed E-state index contributed by atoms with van der Waals surface area (Å²) in [7, 11) is 0. The highest BCUT2D eigenvalue weighted by Crippen LogP contribution is 2.20. The van der Waals surface area contributed by atoms with E-state index in [1.165, 1.54) is 12.1 Å². The van der Waals surface area contributed by atoms with Gasteiger partial charge in [0.15, 0.2) is 0 Å². The van der Waals surface area contributed by atoms with Crippen molar-refractivity contribution in [2.45, 2.75) is 26.2 Å². The number of hydrogen-bond acceptors (Lipinski definition) is 3. The van der Waals surface area contributed by atoms with Gasteiger partial charge < -0.3 is 15.2 Å². The van der Waals surface area contributed by atoms with E-state index in [1.807, 2.05) is 25.1 Å². The Kier molecular flexibility index (Phi) is 7.86. The van der Waals surface area contributed by atoms with Gasteiger partial charge in [-0.3, -0.25) is 4.79 Å². The van der Waals surface area contributed by atoms with E-state index in [0.717, 1.165) is 36.1 Å². The minimum Gasteiger partial charge on any atom is -0.493 e. The van der Waals surface area contributed by atoms with Gasteiger partial charge in [0, 0.05) is 12.5 Å².